The maximum absolute atomic E-state index is 12.6. The molecule has 0 unspecified atom stereocenters. The first kappa shape index (κ1) is 17.3. The van der Waals surface area contributed by atoms with E-state index in [-0.39, 0.29) is 11.9 Å². The van der Waals surface area contributed by atoms with Crippen molar-refractivity contribution in [2.24, 2.45) is 5.92 Å². The Hall–Kier alpha value is -2.08. The molecule has 2 fully saturated rings. The summed E-state index contributed by atoms with van der Waals surface area (Å²) in [7, 11) is 0. The minimum Gasteiger partial charge on any atom is -0.390 e. The number of rotatable bonds is 4. The van der Waals surface area contributed by atoms with Crippen molar-refractivity contribution in [3.63, 3.8) is 0 Å². The zero-order valence-corrected chi connectivity index (χ0v) is 15.4. The van der Waals surface area contributed by atoms with Crippen molar-refractivity contribution in [3.05, 3.63) is 29.8 Å². The van der Waals surface area contributed by atoms with Crippen LogP contribution in [-0.4, -0.2) is 37.6 Å². The van der Waals surface area contributed by atoms with Gasteiger partial charge in [-0.15, -0.1) is 0 Å². The third-order valence-electron chi connectivity index (χ3n) is 5.72. The Morgan fingerprint density at radius 2 is 1.85 bits per heavy atom. The molecule has 0 atom stereocenters. The van der Waals surface area contributed by atoms with E-state index in [2.05, 4.69) is 20.3 Å². The van der Waals surface area contributed by atoms with E-state index < -0.39 is 5.60 Å². The molecule has 0 bridgehead atoms. The van der Waals surface area contributed by atoms with Gasteiger partial charge in [-0.2, -0.15) is 0 Å². The van der Waals surface area contributed by atoms with Crippen molar-refractivity contribution in [3.8, 4) is 0 Å². The molecule has 0 radical (unpaired) electrons. The van der Waals surface area contributed by atoms with Crippen LogP contribution >= 0.6 is 0 Å². The van der Waals surface area contributed by atoms with E-state index in [4.69, 9.17) is 0 Å². The SMILES string of the molecule is CC(C)(O)[C@H]1CC[C@H](NC(=O)c2cnc3nc(C4CC4)ncc3c2)CC1. The molecule has 2 saturated carbocycles. The highest BCUT2D eigenvalue weighted by Gasteiger charge is 2.32. The number of pyridine rings is 1. The average molecular weight is 354 g/mol. The normalized spacial score (nSPS) is 23.8. The van der Waals surface area contributed by atoms with Crippen LogP contribution in [0.15, 0.2) is 18.5 Å². The number of aliphatic hydroxyl groups is 1. The molecule has 1 amide bonds. The van der Waals surface area contributed by atoms with Gasteiger partial charge in [0.05, 0.1) is 11.2 Å². The number of nitrogens with zero attached hydrogens (tertiary/aromatic N) is 3. The first-order chi connectivity index (χ1) is 12.4. The summed E-state index contributed by atoms with van der Waals surface area (Å²) < 4.78 is 0. The van der Waals surface area contributed by atoms with Gasteiger partial charge in [0, 0.05) is 29.7 Å². The summed E-state index contributed by atoms with van der Waals surface area (Å²) in [6.07, 6.45) is 9.34. The van der Waals surface area contributed by atoms with E-state index in [0.717, 1.165) is 49.7 Å². The molecular weight excluding hydrogens is 328 g/mol. The van der Waals surface area contributed by atoms with Gasteiger partial charge < -0.3 is 10.4 Å². The molecule has 0 aromatic carbocycles. The lowest BCUT2D eigenvalue weighted by Crippen LogP contribution is -2.41. The van der Waals surface area contributed by atoms with Gasteiger partial charge in [0.1, 0.15) is 5.82 Å². The predicted octanol–water partition coefficient (Wildman–Crippen LogP) is 2.96. The Balaban J connectivity index is 1.41. The van der Waals surface area contributed by atoms with E-state index in [0.29, 0.717) is 23.0 Å². The highest BCUT2D eigenvalue weighted by atomic mass is 16.3. The second-order valence-corrected chi connectivity index (χ2v) is 8.31. The highest BCUT2D eigenvalue weighted by Crippen LogP contribution is 2.38. The lowest BCUT2D eigenvalue weighted by atomic mass is 9.77. The van der Waals surface area contributed by atoms with Crippen LogP contribution in [0.5, 0.6) is 0 Å². The largest absolute Gasteiger partial charge is 0.390 e. The molecule has 2 aliphatic rings. The first-order valence-electron chi connectivity index (χ1n) is 9.56. The molecule has 6 heteroatoms. The summed E-state index contributed by atoms with van der Waals surface area (Å²) in [4.78, 5) is 25.9. The van der Waals surface area contributed by atoms with Gasteiger partial charge >= 0.3 is 0 Å². The van der Waals surface area contributed by atoms with Crippen molar-refractivity contribution < 1.29 is 9.90 Å². The van der Waals surface area contributed by atoms with E-state index in [1.807, 2.05) is 19.9 Å². The minimum atomic E-state index is -0.642. The maximum Gasteiger partial charge on any atom is 0.253 e. The van der Waals surface area contributed by atoms with Crippen LogP contribution in [0.3, 0.4) is 0 Å². The number of hydrogen-bond acceptors (Lipinski definition) is 5. The molecule has 0 saturated heterocycles. The lowest BCUT2D eigenvalue weighted by Gasteiger charge is -2.36. The van der Waals surface area contributed by atoms with Gasteiger partial charge in [-0.25, -0.2) is 15.0 Å². The molecule has 2 aromatic heterocycles. The van der Waals surface area contributed by atoms with Crippen LogP contribution in [0, 0.1) is 5.92 Å². The second kappa shape index (κ2) is 6.58. The van der Waals surface area contributed by atoms with E-state index >= 15 is 0 Å². The van der Waals surface area contributed by atoms with Crippen molar-refractivity contribution in [1.29, 1.82) is 0 Å². The van der Waals surface area contributed by atoms with Gasteiger partial charge in [-0.1, -0.05) is 0 Å². The standard InChI is InChI=1S/C20H26N4O2/c1-20(2,26)15-5-7-16(8-6-15)23-19(25)14-9-13-10-21-17(12-3-4-12)24-18(13)22-11-14/h9-12,15-16,26H,3-8H2,1-2H3,(H,23,25)/t15-,16-. The summed E-state index contributed by atoms with van der Waals surface area (Å²) in [5.41, 5.74) is 0.560. The van der Waals surface area contributed by atoms with Gasteiger partial charge in [-0.3, -0.25) is 4.79 Å². The minimum absolute atomic E-state index is 0.0996. The zero-order chi connectivity index (χ0) is 18.3. The fraction of sp³-hybridized carbons (Fsp3) is 0.600. The molecule has 0 aliphatic heterocycles. The molecule has 2 heterocycles. The van der Waals surface area contributed by atoms with Crippen LogP contribution in [0.4, 0.5) is 0 Å². The lowest BCUT2D eigenvalue weighted by molar-refractivity contribution is -0.00257. The van der Waals surface area contributed by atoms with Gasteiger partial charge in [-0.05, 0) is 64.4 Å². The van der Waals surface area contributed by atoms with Gasteiger partial charge in [0.25, 0.3) is 5.91 Å². The van der Waals surface area contributed by atoms with E-state index in [1.165, 1.54) is 0 Å². The quantitative estimate of drug-likeness (QED) is 0.881. The van der Waals surface area contributed by atoms with E-state index in [1.54, 1.807) is 12.4 Å². The number of carbonyl (C=O) groups excluding carboxylic acids is 1. The maximum atomic E-state index is 12.6. The van der Waals surface area contributed by atoms with Crippen molar-refractivity contribution in [2.75, 3.05) is 0 Å². The smallest absolute Gasteiger partial charge is 0.253 e. The Kier molecular flexibility index (Phi) is 4.39. The van der Waals surface area contributed by atoms with Crippen LogP contribution < -0.4 is 5.32 Å². The Bertz CT molecular complexity index is 818. The van der Waals surface area contributed by atoms with Crippen LogP contribution in [0.2, 0.25) is 0 Å². The number of nitrogens with one attached hydrogen (secondary N) is 1. The summed E-state index contributed by atoms with van der Waals surface area (Å²) in [5, 5.41) is 14.0. The Labute approximate surface area is 153 Å². The average Bonchev–Trinajstić information content (AvgIpc) is 3.45. The molecule has 138 valence electrons. The fourth-order valence-corrected chi connectivity index (χ4v) is 3.81. The summed E-state index contributed by atoms with van der Waals surface area (Å²) in [5.74, 6) is 1.56. The van der Waals surface area contributed by atoms with Crippen LogP contribution in [0.1, 0.15) is 74.5 Å². The number of carbonyl (C=O) groups is 1. The van der Waals surface area contributed by atoms with Crippen molar-refractivity contribution >= 4 is 16.9 Å². The first-order valence-corrected chi connectivity index (χ1v) is 9.56. The molecular formula is C20H26N4O2. The monoisotopic (exact) mass is 354 g/mol. The third-order valence-corrected chi connectivity index (χ3v) is 5.72. The van der Waals surface area contributed by atoms with Crippen molar-refractivity contribution in [1.82, 2.24) is 20.3 Å². The van der Waals surface area contributed by atoms with Gasteiger partial charge in [0.15, 0.2) is 5.65 Å². The molecule has 4 rings (SSSR count). The Morgan fingerprint density at radius 3 is 2.50 bits per heavy atom. The number of hydrogen-bond donors (Lipinski definition) is 2. The topological polar surface area (TPSA) is 88.0 Å². The molecule has 6 nitrogen and oxygen atoms in total. The van der Waals surface area contributed by atoms with E-state index in [9.17, 15) is 9.90 Å². The molecule has 26 heavy (non-hydrogen) atoms. The third kappa shape index (κ3) is 3.70. The molecule has 0 spiro atoms. The second-order valence-electron chi connectivity index (χ2n) is 8.31. The van der Waals surface area contributed by atoms with Crippen LogP contribution in [0.25, 0.3) is 11.0 Å². The zero-order valence-electron chi connectivity index (χ0n) is 15.4. The number of aromatic nitrogens is 3. The highest BCUT2D eigenvalue weighted by molar-refractivity contribution is 5.96. The summed E-state index contributed by atoms with van der Waals surface area (Å²) in [6, 6.07) is 1.97. The van der Waals surface area contributed by atoms with Crippen molar-refractivity contribution in [2.45, 2.75) is 69.9 Å². The summed E-state index contributed by atoms with van der Waals surface area (Å²) >= 11 is 0. The molecule has 2 N–H and O–H groups in total. The fourth-order valence-electron chi connectivity index (χ4n) is 3.81. The van der Waals surface area contributed by atoms with Crippen LogP contribution in [-0.2, 0) is 0 Å². The predicted molar refractivity (Wildman–Crippen MR) is 98.8 cm³/mol. The number of amides is 1. The molecule has 2 aromatic rings. The summed E-state index contributed by atoms with van der Waals surface area (Å²) in [6.45, 7) is 3.74. The molecule has 2 aliphatic carbocycles. The Morgan fingerprint density at radius 1 is 1.12 bits per heavy atom. The van der Waals surface area contributed by atoms with Gasteiger partial charge in [0.2, 0.25) is 0 Å². The number of fused-ring (bicyclic) bond motifs is 1.